The van der Waals surface area contributed by atoms with Crippen molar-refractivity contribution in [2.24, 2.45) is 7.05 Å². The highest BCUT2D eigenvalue weighted by Crippen LogP contribution is 2.34. The maximum absolute atomic E-state index is 13.0. The van der Waals surface area contributed by atoms with Crippen LogP contribution >= 0.6 is 11.6 Å². The second kappa shape index (κ2) is 4.59. The monoisotopic (exact) mass is 275 g/mol. The Morgan fingerprint density at radius 3 is 2.74 bits per heavy atom. The zero-order valence-corrected chi connectivity index (χ0v) is 11.0. The summed E-state index contributed by atoms with van der Waals surface area (Å²) in [5.74, 6) is 0.765. The van der Waals surface area contributed by atoms with E-state index in [9.17, 15) is 4.39 Å². The molecular formula is C15H11ClFNO. The lowest BCUT2D eigenvalue weighted by Crippen LogP contribution is -1.88. The molecule has 4 heteroatoms. The first-order valence-corrected chi connectivity index (χ1v) is 6.20. The van der Waals surface area contributed by atoms with Gasteiger partial charge in [0.25, 0.3) is 0 Å². The Morgan fingerprint density at radius 2 is 1.95 bits per heavy atom. The molecule has 0 aliphatic rings. The highest BCUT2D eigenvalue weighted by Gasteiger charge is 2.08. The van der Waals surface area contributed by atoms with Crippen LogP contribution < -0.4 is 4.74 Å². The van der Waals surface area contributed by atoms with Gasteiger partial charge in [-0.25, -0.2) is 4.39 Å². The number of nitrogens with zero attached hydrogens (tertiary/aromatic N) is 1. The van der Waals surface area contributed by atoms with Crippen molar-refractivity contribution < 1.29 is 9.13 Å². The third-order valence-corrected chi connectivity index (χ3v) is 3.30. The molecule has 1 aromatic heterocycles. The van der Waals surface area contributed by atoms with Crippen LogP contribution in [0.25, 0.3) is 10.9 Å². The molecule has 0 amide bonds. The first kappa shape index (κ1) is 12.1. The maximum Gasteiger partial charge on any atom is 0.146 e. The number of rotatable bonds is 2. The number of hydrogen-bond acceptors (Lipinski definition) is 1. The molecule has 0 atom stereocenters. The SMILES string of the molecule is Cn1ccc2c(Oc3ccc(F)cc3Cl)cccc21. The standard InChI is InChI=1S/C15H11ClFNO/c1-18-8-7-11-13(18)3-2-4-14(11)19-15-6-5-10(17)9-12(15)16/h2-9H,1H3. The summed E-state index contributed by atoms with van der Waals surface area (Å²) < 4.78 is 20.8. The molecule has 0 saturated heterocycles. The van der Waals surface area contributed by atoms with Crippen LogP contribution in [0.4, 0.5) is 4.39 Å². The average Bonchev–Trinajstić information content (AvgIpc) is 2.76. The van der Waals surface area contributed by atoms with Crippen molar-refractivity contribution in [1.82, 2.24) is 4.57 Å². The molecule has 0 aliphatic heterocycles. The van der Waals surface area contributed by atoms with Crippen LogP contribution in [0.15, 0.2) is 48.7 Å². The lowest BCUT2D eigenvalue weighted by molar-refractivity contribution is 0.486. The predicted molar refractivity (Wildman–Crippen MR) is 74.4 cm³/mol. The van der Waals surface area contributed by atoms with Crippen LogP contribution in [0, 0.1) is 5.82 Å². The average molecular weight is 276 g/mol. The Labute approximate surface area is 115 Å². The smallest absolute Gasteiger partial charge is 0.146 e. The van der Waals surface area contributed by atoms with E-state index in [0.29, 0.717) is 11.5 Å². The number of aromatic nitrogens is 1. The van der Waals surface area contributed by atoms with Crippen LogP contribution in [0.2, 0.25) is 5.02 Å². The molecule has 3 rings (SSSR count). The summed E-state index contributed by atoms with van der Waals surface area (Å²) in [7, 11) is 1.97. The Hall–Kier alpha value is -2.00. The van der Waals surface area contributed by atoms with E-state index in [0.717, 1.165) is 10.9 Å². The molecule has 2 aromatic carbocycles. The molecule has 2 nitrogen and oxygen atoms in total. The molecule has 96 valence electrons. The molecule has 0 unspecified atom stereocenters. The van der Waals surface area contributed by atoms with Crippen LogP contribution in [-0.2, 0) is 7.05 Å². The molecule has 0 saturated carbocycles. The van der Waals surface area contributed by atoms with Gasteiger partial charge in [0.2, 0.25) is 0 Å². The number of hydrogen-bond donors (Lipinski definition) is 0. The Kier molecular flexibility index (Phi) is 2.91. The summed E-state index contributed by atoms with van der Waals surface area (Å²) in [5.41, 5.74) is 1.07. The number of ether oxygens (including phenoxy) is 1. The van der Waals surface area contributed by atoms with Gasteiger partial charge in [0.05, 0.1) is 10.5 Å². The van der Waals surface area contributed by atoms with E-state index in [1.54, 1.807) is 0 Å². The Balaban J connectivity index is 2.06. The van der Waals surface area contributed by atoms with E-state index in [4.69, 9.17) is 16.3 Å². The highest BCUT2D eigenvalue weighted by molar-refractivity contribution is 6.32. The first-order valence-electron chi connectivity index (χ1n) is 5.82. The van der Waals surface area contributed by atoms with Crippen molar-refractivity contribution >= 4 is 22.5 Å². The van der Waals surface area contributed by atoms with E-state index in [1.165, 1.54) is 18.2 Å². The summed E-state index contributed by atoms with van der Waals surface area (Å²) in [6, 6.07) is 11.8. The summed E-state index contributed by atoms with van der Waals surface area (Å²) in [5, 5.41) is 1.25. The van der Waals surface area contributed by atoms with Gasteiger partial charge in [-0.3, -0.25) is 0 Å². The van der Waals surface area contributed by atoms with Gasteiger partial charge in [0.15, 0.2) is 0 Å². The van der Waals surface area contributed by atoms with Gasteiger partial charge < -0.3 is 9.30 Å². The molecular weight excluding hydrogens is 265 g/mol. The van der Waals surface area contributed by atoms with Gasteiger partial charge in [-0.2, -0.15) is 0 Å². The second-order valence-corrected chi connectivity index (χ2v) is 4.70. The minimum Gasteiger partial charge on any atom is -0.455 e. The predicted octanol–water partition coefficient (Wildman–Crippen LogP) is 4.76. The van der Waals surface area contributed by atoms with Gasteiger partial charge in [0.1, 0.15) is 17.3 Å². The fraction of sp³-hybridized carbons (Fsp3) is 0.0667. The summed E-state index contributed by atoms with van der Waals surface area (Å²) in [6.07, 6.45) is 1.96. The number of halogens is 2. The lowest BCUT2D eigenvalue weighted by Gasteiger charge is -2.09. The topological polar surface area (TPSA) is 14.2 Å². The molecule has 0 N–H and O–H groups in total. The fourth-order valence-electron chi connectivity index (χ4n) is 2.04. The van der Waals surface area contributed by atoms with Gasteiger partial charge in [-0.05, 0) is 36.4 Å². The fourth-order valence-corrected chi connectivity index (χ4v) is 2.25. The van der Waals surface area contributed by atoms with Gasteiger partial charge in [-0.1, -0.05) is 17.7 Å². The highest BCUT2D eigenvalue weighted by atomic mass is 35.5. The van der Waals surface area contributed by atoms with Gasteiger partial charge in [-0.15, -0.1) is 0 Å². The van der Waals surface area contributed by atoms with Crippen LogP contribution in [-0.4, -0.2) is 4.57 Å². The Bertz CT molecular complexity index is 751. The van der Waals surface area contributed by atoms with E-state index in [1.807, 2.05) is 42.1 Å². The molecule has 3 aromatic rings. The lowest BCUT2D eigenvalue weighted by atomic mass is 10.2. The van der Waals surface area contributed by atoms with E-state index >= 15 is 0 Å². The number of fused-ring (bicyclic) bond motifs is 1. The van der Waals surface area contributed by atoms with E-state index in [-0.39, 0.29) is 10.8 Å². The zero-order chi connectivity index (χ0) is 13.4. The molecule has 0 fully saturated rings. The zero-order valence-electron chi connectivity index (χ0n) is 10.2. The van der Waals surface area contributed by atoms with Crippen LogP contribution in [0.5, 0.6) is 11.5 Å². The quantitative estimate of drug-likeness (QED) is 0.657. The van der Waals surface area contributed by atoms with Gasteiger partial charge in [0, 0.05) is 18.6 Å². The summed E-state index contributed by atoms with van der Waals surface area (Å²) in [6.45, 7) is 0. The van der Waals surface area contributed by atoms with Crippen molar-refractivity contribution in [3.8, 4) is 11.5 Å². The van der Waals surface area contributed by atoms with E-state index < -0.39 is 0 Å². The van der Waals surface area contributed by atoms with Crippen molar-refractivity contribution in [2.75, 3.05) is 0 Å². The van der Waals surface area contributed by atoms with Crippen LogP contribution in [0.3, 0.4) is 0 Å². The molecule has 19 heavy (non-hydrogen) atoms. The van der Waals surface area contributed by atoms with Crippen molar-refractivity contribution in [2.45, 2.75) is 0 Å². The largest absolute Gasteiger partial charge is 0.455 e. The third kappa shape index (κ3) is 2.17. The molecule has 0 bridgehead atoms. The summed E-state index contributed by atoms with van der Waals surface area (Å²) in [4.78, 5) is 0. The minimum atomic E-state index is -0.379. The van der Waals surface area contributed by atoms with Crippen molar-refractivity contribution in [3.63, 3.8) is 0 Å². The van der Waals surface area contributed by atoms with Crippen LogP contribution in [0.1, 0.15) is 0 Å². The van der Waals surface area contributed by atoms with E-state index in [2.05, 4.69) is 0 Å². The normalized spacial score (nSPS) is 10.9. The number of aryl methyl sites for hydroxylation is 1. The Morgan fingerprint density at radius 1 is 1.11 bits per heavy atom. The number of benzene rings is 2. The second-order valence-electron chi connectivity index (χ2n) is 4.29. The van der Waals surface area contributed by atoms with Crippen molar-refractivity contribution in [1.29, 1.82) is 0 Å². The maximum atomic E-state index is 13.0. The first-order chi connectivity index (χ1) is 9.15. The molecule has 1 heterocycles. The molecule has 0 radical (unpaired) electrons. The molecule has 0 spiro atoms. The molecule has 0 aliphatic carbocycles. The van der Waals surface area contributed by atoms with Crippen molar-refractivity contribution in [3.05, 3.63) is 59.5 Å². The minimum absolute atomic E-state index is 0.257. The third-order valence-electron chi connectivity index (χ3n) is 3.00. The van der Waals surface area contributed by atoms with Gasteiger partial charge >= 0.3 is 0 Å². The summed E-state index contributed by atoms with van der Waals surface area (Å²) >= 11 is 5.97.